The topological polar surface area (TPSA) is 96.0 Å². The first-order valence-corrected chi connectivity index (χ1v) is 9.27. The zero-order valence-electron chi connectivity index (χ0n) is 12.9. The molecule has 0 saturated heterocycles. The smallest absolute Gasteiger partial charge is 0.216 e. The average molecular weight is 321 g/mol. The highest BCUT2D eigenvalue weighted by Crippen LogP contribution is 2.33. The molecule has 1 saturated carbocycles. The zero-order valence-corrected chi connectivity index (χ0v) is 13.7. The third-order valence-electron chi connectivity index (χ3n) is 4.59. The lowest BCUT2D eigenvalue weighted by Crippen LogP contribution is -2.59. The summed E-state index contributed by atoms with van der Waals surface area (Å²) in [4.78, 5) is 0. The molecule has 0 heterocycles. The number of hydrogen-bond donors (Lipinski definition) is 2. The fraction of sp³-hybridized carbons (Fsp3) is 0.562. The minimum Gasteiger partial charge on any atom is -0.329 e. The molecular formula is C16H23N3O2S. The molecule has 5 nitrogen and oxygen atoms in total. The van der Waals surface area contributed by atoms with E-state index in [9.17, 15) is 8.42 Å². The van der Waals surface area contributed by atoms with Crippen molar-refractivity contribution in [2.24, 2.45) is 11.7 Å². The van der Waals surface area contributed by atoms with Crippen molar-refractivity contribution < 1.29 is 8.42 Å². The van der Waals surface area contributed by atoms with Crippen LogP contribution in [0.1, 0.15) is 43.7 Å². The van der Waals surface area contributed by atoms with E-state index in [-0.39, 0.29) is 11.7 Å². The van der Waals surface area contributed by atoms with Crippen LogP contribution < -0.4 is 10.5 Å². The molecule has 2 unspecified atom stereocenters. The van der Waals surface area contributed by atoms with E-state index < -0.39 is 15.6 Å². The lowest BCUT2D eigenvalue weighted by atomic mass is 9.74. The Morgan fingerprint density at radius 1 is 1.45 bits per heavy atom. The van der Waals surface area contributed by atoms with E-state index in [0.717, 1.165) is 25.7 Å². The van der Waals surface area contributed by atoms with E-state index in [0.29, 0.717) is 17.7 Å². The Morgan fingerprint density at radius 2 is 2.23 bits per heavy atom. The van der Waals surface area contributed by atoms with Gasteiger partial charge >= 0.3 is 0 Å². The molecule has 0 radical (unpaired) electrons. The van der Waals surface area contributed by atoms with Crippen molar-refractivity contribution in [1.82, 2.24) is 4.72 Å². The van der Waals surface area contributed by atoms with Crippen molar-refractivity contribution in [3.05, 3.63) is 35.4 Å². The van der Waals surface area contributed by atoms with Crippen LogP contribution in [0.4, 0.5) is 0 Å². The van der Waals surface area contributed by atoms with Gasteiger partial charge in [-0.2, -0.15) is 5.26 Å². The predicted octanol–water partition coefficient (Wildman–Crippen LogP) is 1.89. The van der Waals surface area contributed by atoms with E-state index in [1.807, 2.05) is 6.07 Å². The maximum absolute atomic E-state index is 12.5. The maximum atomic E-state index is 12.5. The number of rotatable bonds is 5. The molecule has 0 amide bonds. The van der Waals surface area contributed by atoms with E-state index in [2.05, 4.69) is 11.6 Å². The van der Waals surface area contributed by atoms with Crippen LogP contribution in [0.2, 0.25) is 0 Å². The first kappa shape index (κ1) is 16.9. The Kier molecular flexibility index (Phi) is 5.22. The predicted molar refractivity (Wildman–Crippen MR) is 86.3 cm³/mol. The number of nitrogens with zero attached hydrogens (tertiary/aromatic N) is 1. The van der Waals surface area contributed by atoms with Crippen LogP contribution in [0, 0.1) is 17.2 Å². The normalized spacial score (nSPS) is 25.6. The second-order valence-corrected chi connectivity index (χ2v) is 7.90. The Bertz CT molecular complexity index is 666. The summed E-state index contributed by atoms with van der Waals surface area (Å²) < 4.78 is 27.9. The van der Waals surface area contributed by atoms with Crippen LogP contribution in [0.3, 0.4) is 0 Å². The standard InChI is InChI=1S/C16H23N3O2S/c1-13-5-2-3-8-16(13,12-18)19-22(20,21)11-15-7-4-6-14(9-15)10-17/h4,6-7,9,13,19H,2-3,5,8,11-12,18H2,1H3. The highest BCUT2D eigenvalue weighted by atomic mass is 32.2. The highest BCUT2D eigenvalue weighted by Gasteiger charge is 2.40. The van der Waals surface area contributed by atoms with Gasteiger partial charge in [-0.3, -0.25) is 0 Å². The molecule has 0 aromatic heterocycles. The Balaban J connectivity index is 2.17. The van der Waals surface area contributed by atoms with Gasteiger partial charge in [-0.1, -0.05) is 31.9 Å². The van der Waals surface area contributed by atoms with Crippen molar-refractivity contribution >= 4 is 10.0 Å². The summed E-state index contributed by atoms with van der Waals surface area (Å²) in [6, 6.07) is 8.72. The summed E-state index contributed by atoms with van der Waals surface area (Å²) in [6.45, 7) is 2.37. The number of sulfonamides is 1. The minimum atomic E-state index is -3.50. The van der Waals surface area contributed by atoms with Crippen LogP contribution in [-0.2, 0) is 15.8 Å². The maximum Gasteiger partial charge on any atom is 0.216 e. The third kappa shape index (κ3) is 3.86. The van der Waals surface area contributed by atoms with Gasteiger partial charge in [0.25, 0.3) is 0 Å². The van der Waals surface area contributed by atoms with Crippen LogP contribution >= 0.6 is 0 Å². The van der Waals surface area contributed by atoms with Crippen molar-refractivity contribution in [1.29, 1.82) is 5.26 Å². The SMILES string of the molecule is CC1CCCCC1(CN)NS(=O)(=O)Cc1cccc(C#N)c1. The lowest BCUT2D eigenvalue weighted by Gasteiger charge is -2.42. The Hall–Kier alpha value is -1.42. The van der Waals surface area contributed by atoms with Crippen LogP contribution in [0.5, 0.6) is 0 Å². The van der Waals surface area contributed by atoms with E-state index in [1.54, 1.807) is 24.3 Å². The number of benzene rings is 1. The summed E-state index contributed by atoms with van der Waals surface area (Å²) in [5.41, 5.74) is 6.45. The van der Waals surface area contributed by atoms with E-state index in [1.165, 1.54) is 0 Å². The monoisotopic (exact) mass is 321 g/mol. The molecule has 1 aliphatic carbocycles. The molecule has 2 rings (SSSR count). The van der Waals surface area contributed by atoms with Crippen LogP contribution in [0.15, 0.2) is 24.3 Å². The van der Waals surface area contributed by atoms with Gasteiger partial charge in [-0.25, -0.2) is 13.1 Å². The molecule has 0 bridgehead atoms. The number of nitrogens with two attached hydrogens (primary N) is 1. The van der Waals surface area contributed by atoms with Crippen LogP contribution in [0.25, 0.3) is 0 Å². The van der Waals surface area contributed by atoms with Gasteiger partial charge in [-0.05, 0) is 36.5 Å². The minimum absolute atomic E-state index is 0.128. The van der Waals surface area contributed by atoms with Crippen molar-refractivity contribution in [2.45, 2.75) is 43.9 Å². The molecule has 1 fully saturated rings. The highest BCUT2D eigenvalue weighted by molar-refractivity contribution is 7.88. The second kappa shape index (κ2) is 6.78. The van der Waals surface area contributed by atoms with Gasteiger partial charge in [-0.15, -0.1) is 0 Å². The summed E-state index contributed by atoms with van der Waals surface area (Å²) in [5.74, 6) is 0.100. The molecule has 6 heteroatoms. The van der Waals surface area contributed by atoms with Gasteiger partial charge in [0, 0.05) is 12.1 Å². The summed E-state index contributed by atoms with van der Waals surface area (Å²) >= 11 is 0. The van der Waals surface area contributed by atoms with Gasteiger partial charge in [0.1, 0.15) is 0 Å². The zero-order chi connectivity index (χ0) is 16.2. The molecule has 0 spiro atoms. The number of nitrogens with one attached hydrogen (secondary N) is 1. The van der Waals surface area contributed by atoms with Gasteiger partial charge in [0.05, 0.1) is 17.4 Å². The molecule has 2 atom stereocenters. The fourth-order valence-corrected chi connectivity index (χ4v) is 4.90. The Labute approximate surface area is 132 Å². The molecule has 1 aromatic rings. The molecule has 22 heavy (non-hydrogen) atoms. The quantitative estimate of drug-likeness (QED) is 0.865. The molecule has 3 N–H and O–H groups in total. The molecule has 1 aliphatic rings. The summed E-state index contributed by atoms with van der Waals surface area (Å²) in [5, 5.41) is 8.90. The summed E-state index contributed by atoms with van der Waals surface area (Å²) in [6.07, 6.45) is 3.88. The largest absolute Gasteiger partial charge is 0.329 e. The summed E-state index contributed by atoms with van der Waals surface area (Å²) in [7, 11) is -3.50. The van der Waals surface area contributed by atoms with Gasteiger partial charge in [0.15, 0.2) is 0 Å². The van der Waals surface area contributed by atoms with Crippen molar-refractivity contribution in [3.8, 4) is 6.07 Å². The molecule has 1 aromatic carbocycles. The Morgan fingerprint density at radius 3 is 2.86 bits per heavy atom. The first-order chi connectivity index (χ1) is 10.4. The average Bonchev–Trinajstić information content (AvgIpc) is 2.49. The van der Waals surface area contributed by atoms with Gasteiger partial charge in [0.2, 0.25) is 10.0 Å². The number of nitriles is 1. The number of hydrogen-bond acceptors (Lipinski definition) is 4. The van der Waals surface area contributed by atoms with Crippen molar-refractivity contribution in [2.75, 3.05) is 6.54 Å². The van der Waals surface area contributed by atoms with E-state index in [4.69, 9.17) is 11.0 Å². The fourth-order valence-electron chi connectivity index (χ4n) is 3.21. The van der Waals surface area contributed by atoms with Crippen molar-refractivity contribution in [3.63, 3.8) is 0 Å². The third-order valence-corrected chi connectivity index (χ3v) is 6.02. The molecular weight excluding hydrogens is 298 g/mol. The molecule has 120 valence electrons. The van der Waals surface area contributed by atoms with E-state index >= 15 is 0 Å². The molecule has 0 aliphatic heterocycles. The second-order valence-electron chi connectivity index (χ2n) is 6.18. The van der Waals surface area contributed by atoms with Gasteiger partial charge < -0.3 is 5.73 Å². The first-order valence-electron chi connectivity index (χ1n) is 7.61. The lowest BCUT2D eigenvalue weighted by molar-refractivity contribution is 0.191. The van der Waals surface area contributed by atoms with Crippen LogP contribution in [-0.4, -0.2) is 20.5 Å².